The molecule has 0 spiro atoms. The molecule has 6 heteroatoms. The van der Waals surface area contributed by atoms with Gasteiger partial charge in [-0.3, -0.25) is 4.79 Å². The molecule has 1 aromatic rings. The van der Waals surface area contributed by atoms with Gasteiger partial charge >= 0.3 is 5.97 Å². The molecule has 0 heterocycles. The third-order valence-corrected chi connectivity index (χ3v) is 4.27. The van der Waals surface area contributed by atoms with Gasteiger partial charge in [0.1, 0.15) is 0 Å². The first-order valence-corrected chi connectivity index (χ1v) is 7.98. The van der Waals surface area contributed by atoms with Crippen molar-refractivity contribution in [1.82, 2.24) is 4.72 Å². The first-order valence-electron chi connectivity index (χ1n) is 6.43. The first kappa shape index (κ1) is 14.7. The quantitative estimate of drug-likeness (QED) is 0.804. The van der Waals surface area contributed by atoms with E-state index in [4.69, 9.17) is 5.11 Å². The fourth-order valence-electron chi connectivity index (χ4n) is 1.97. The smallest absolute Gasteiger partial charge is 0.304 e. The summed E-state index contributed by atoms with van der Waals surface area (Å²) in [4.78, 5) is 10.8. The molecular weight excluding hydrogens is 278 g/mol. The number of benzene rings is 1. The van der Waals surface area contributed by atoms with Crippen LogP contribution >= 0.6 is 0 Å². The summed E-state index contributed by atoms with van der Waals surface area (Å²) in [6.07, 6.45) is 3.07. The minimum absolute atomic E-state index is 0.144. The maximum atomic E-state index is 11.9. The van der Waals surface area contributed by atoms with Crippen LogP contribution in [0.2, 0.25) is 0 Å². The summed E-state index contributed by atoms with van der Waals surface area (Å²) in [5.41, 5.74) is 0.777. The van der Waals surface area contributed by atoms with Gasteiger partial charge in [-0.15, -0.1) is 0 Å². The number of carboxylic acids is 1. The molecule has 0 aliphatic heterocycles. The first-order chi connectivity index (χ1) is 9.46. The summed E-state index contributed by atoms with van der Waals surface area (Å²) < 4.78 is 26.3. The molecular formula is C14H17NO4S. The highest BCUT2D eigenvalue weighted by molar-refractivity contribution is 7.92. The predicted octanol–water partition coefficient (Wildman–Crippen LogP) is 1.83. The second kappa shape index (κ2) is 6.19. The Morgan fingerprint density at radius 3 is 2.55 bits per heavy atom. The molecule has 0 amide bonds. The van der Waals surface area contributed by atoms with Crippen LogP contribution in [0.25, 0.3) is 6.08 Å². The highest BCUT2D eigenvalue weighted by atomic mass is 32.2. The normalized spacial score (nSPS) is 17.2. The number of carboxylic acid groups (broad SMARTS) is 1. The predicted molar refractivity (Wildman–Crippen MR) is 76.3 cm³/mol. The summed E-state index contributed by atoms with van der Waals surface area (Å²) in [6.45, 7) is 0. The molecule has 0 saturated heterocycles. The van der Waals surface area contributed by atoms with E-state index in [1.54, 1.807) is 12.1 Å². The van der Waals surface area contributed by atoms with Gasteiger partial charge in [-0.1, -0.05) is 30.3 Å². The van der Waals surface area contributed by atoms with E-state index in [1.807, 2.05) is 18.2 Å². The van der Waals surface area contributed by atoms with Gasteiger partial charge in [0, 0.05) is 11.4 Å². The van der Waals surface area contributed by atoms with Gasteiger partial charge in [-0.2, -0.15) is 0 Å². The summed E-state index contributed by atoms with van der Waals surface area (Å²) in [5.74, 6) is -0.845. The van der Waals surface area contributed by atoms with Gasteiger partial charge in [0.2, 0.25) is 10.0 Å². The van der Waals surface area contributed by atoms with E-state index in [0.717, 1.165) is 23.8 Å². The molecule has 1 atom stereocenters. The Hall–Kier alpha value is -1.66. The van der Waals surface area contributed by atoms with Crippen molar-refractivity contribution in [1.29, 1.82) is 0 Å². The summed E-state index contributed by atoms with van der Waals surface area (Å²) >= 11 is 0. The molecule has 1 unspecified atom stereocenters. The number of nitrogens with one attached hydrogen (secondary N) is 1. The van der Waals surface area contributed by atoms with Gasteiger partial charge in [-0.05, 0) is 30.4 Å². The van der Waals surface area contributed by atoms with Crippen molar-refractivity contribution in [2.75, 3.05) is 0 Å². The van der Waals surface area contributed by atoms with E-state index in [1.165, 1.54) is 6.08 Å². The molecule has 1 fully saturated rings. The lowest BCUT2D eigenvalue weighted by molar-refractivity contribution is -0.137. The summed E-state index contributed by atoms with van der Waals surface area (Å²) in [7, 11) is -3.62. The zero-order valence-corrected chi connectivity index (χ0v) is 11.7. The van der Waals surface area contributed by atoms with E-state index >= 15 is 0 Å². The molecule has 0 radical (unpaired) electrons. The lowest BCUT2D eigenvalue weighted by Gasteiger charge is -2.14. The molecule has 20 heavy (non-hydrogen) atoms. The highest BCUT2D eigenvalue weighted by Gasteiger charge is 2.34. The second-order valence-corrected chi connectivity index (χ2v) is 6.52. The highest BCUT2D eigenvalue weighted by Crippen LogP contribution is 2.34. The van der Waals surface area contributed by atoms with E-state index in [9.17, 15) is 13.2 Å². The molecule has 1 aliphatic carbocycles. The van der Waals surface area contributed by atoms with E-state index in [0.29, 0.717) is 0 Å². The molecule has 5 nitrogen and oxygen atoms in total. The van der Waals surface area contributed by atoms with Gasteiger partial charge in [0.25, 0.3) is 0 Å². The van der Waals surface area contributed by atoms with Crippen LogP contribution in [0.1, 0.15) is 24.8 Å². The van der Waals surface area contributed by atoms with Gasteiger partial charge in [0.05, 0.1) is 6.42 Å². The van der Waals surface area contributed by atoms with Crippen LogP contribution in [-0.2, 0) is 14.8 Å². The Morgan fingerprint density at radius 1 is 1.35 bits per heavy atom. The van der Waals surface area contributed by atoms with Crippen molar-refractivity contribution in [2.45, 2.75) is 25.3 Å². The van der Waals surface area contributed by atoms with Crippen LogP contribution in [0, 0.1) is 5.92 Å². The SMILES string of the molecule is O=C(O)CC(NS(=O)(=O)/C=C/c1ccccc1)C1CC1. The van der Waals surface area contributed by atoms with Gasteiger partial charge in [0.15, 0.2) is 0 Å². The number of sulfonamides is 1. The number of aliphatic carboxylic acids is 1. The Balaban J connectivity index is 2.02. The molecule has 108 valence electrons. The Labute approximate surface area is 118 Å². The van der Waals surface area contributed by atoms with Crippen molar-refractivity contribution >= 4 is 22.1 Å². The topological polar surface area (TPSA) is 83.5 Å². The molecule has 1 aliphatic rings. The van der Waals surface area contributed by atoms with Gasteiger partial charge < -0.3 is 5.11 Å². The van der Waals surface area contributed by atoms with Crippen LogP contribution in [0.4, 0.5) is 0 Å². The fraction of sp³-hybridized carbons (Fsp3) is 0.357. The maximum absolute atomic E-state index is 11.9. The van der Waals surface area contributed by atoms with Crippen LogP contribution in [0.15, 0.2) is 35.7 Å². The minimum atomic E-state index is -3.62. The van der Waals surface area contributed by atoms with E-state index in [2.05, 4.69) is 4.72 Å². The van der Waals surface area contributed by atoms with Gasteiger partial charge in [-0.25, -0.2) is 13.1 Å². The lowest BCUT2D eigenvalue weighted by atomic mass is 10.1. The Kier molecular flexibility index (Phi) is 4.57. The molecule has 1 aromatic carbocycles. The fourth-order valence-corrected chi connectivity index (χ4v) is 3.09. The number of rotatable bonds is 7. The average molecular weight is 295 g/mol. The average Bonchev–Trinajstić information content (AvgIpc) is 3.20. The molecule has 2 rings (SSSR count). The van der Waals surface area contributed by atoms with Crippen molar-refractivity contribution in [3.05, 3.63) is 41.3 Å². The molecule has 0 bridgehead atoms. The monoisotopic (exact) mass is 295 g/mol. The standard InChI is InChI=1S/C14H17NO4S/c16-14(17)10-13(12-6-7-12)15-20(18,19)9-8-11-4-2-1-3-5-11/h1-5,8-9,12-13,15H,6-7,10H2,(H,16,17)/b9-8+. The third kappa shape index (κ3) is 4.79. The van der Waals surface area contributed by atoms with Crippen molar-refractivity contribution in [3.8, 4) is 0 Å². The summed E-state index contributed by atoms with van der Waals surface area (Å²) in [5, 5.41) is 9.90. The third-order valence-electron chi connectivity index (χ3n) is 3.14. The lowest BCUT2D eigenvalue weighted by Crippen LogP contribution is -2.36. The molecule has 1 saturated carbocycles. The Morgan fingerprint density at radius 2 is 2.00 bits per heavy atom. The van der Waals surface area contributed by atoms with Crippen LogP contribution in [0.3, 0.4) is 0 Å². The number of hydrogen-bond acceptors (Lipinski definition) is 3. The van der Waals surface area contributed by atoms with Crippen molar-refractivity contribution < 1.29 is 18.3 Å². The zero-order valence-electron chi connectivity index (χ0n) is 10.9. The zero-order chi connectivity index (χ0) is 14.6. The van der Waals surface area contributed by atoms with Crippen LogP contribution in [0.5, 0.6) is 0 Å². The Bertz CT molecular complexity index is 591. The van der Waals surface area contributed by atoms with Crippen molar-refractivity contribution in [3.63, 3.8) is 0 Å². The minimum Gasteiger partial charge on any atom is -0.481 e. The molecule has 0 aromatic heterocycles. The second-order valence-electron chi connectivity index (χ2n) is 4.92. The van der Waals surface area contributed by atoms with E-state index < -0.39 is 22.0 Å². The van der Waals surface area contributed by atoms with Crippen LogP contribution < -0.4 is 4.72 Å². The number of carbonyl (C=O) groups is 1. The molecule has 2 N–H and O–H groups in total. The van der Waals surface area contributed by atoms with Crippen molar-refractivity contribution in [2.24, 2.45) is 5.92 Å². The van der Waals surface area contributed by atoms with E-state index in [-0.39, 0.29) is 12.3 Å². The van der Waals surface area contributed by atoms with Crippen LogP contribution in [-0.4, -0.2) is 25.5 Å². The largest absolute Gasteiger partial charge is 0.481 e. The number of hydrogen-bond donors (Lipinski definition) is 2. The maximum Gasteiger partial charge on any atom is 0.304 e. The summed E-state index contributed by atoms with van der Waals surface area (Å²) in [6, 6.07) is 8.55.